The first-order valence-electron chi connectivity index (χ1n) is 15.4. The van der Waals surface area contributed by atoms with Crippen molar-refractivity contribution in [1.82, 2.24) is 9.55 Å². The van der Waals surface area contributed by atoms with E-state index in [2.05, 4.69) is 143 Å². The van der Waals surface area contributed by atoms with E-state index in [0.717, 1.165) is 32.3 Å². The third-order valence-electron chi connectivity index (χ3n) is 10.2. The number of aromatic nitrogens is 2. The summed E-state index contributed by atoms with van der Waals surface area (Å²) in [6.45, 7) is 2.43. The number of benzene rings is 5. The van der Waals surface area contributed by atoms with Gasteiger partial charge in [0.2, 0.25) is 0 Å². The van der Waals surface area contributed by atoms with Crippen LogP contribution in [-0.2, 0) is 5.41 Å². The average molecular weight is 661 g/mol. The molecule has 5 heteroatoms. The van der Waals surface area contributed by atoms with Gasteiger partial charge in [0.05, 0.1) is 27.9 Å². The van der Waals surface area contributed by atoms with E-state index in [1.807, 2.05) is 23.6 Å². The number of hydrogen-bond acceptors (Lipinski definition) is 3. The lowest BCUT2D eigenvalue weighted by Gasteiger charge is -2.25. The predicted molar refractivity (Wildman–Crippen MR) is 192 cm³/mol. The van der Waals surface area contributed by atoms with E-state index in [0.29, 0.717) is 5.92 Å². The summed E-state index contributed by atoms with van der Waals surface area (Å²) >= 11 is 5.71. The number of para-hydroxylation sites is 2. The Hall–Kier alpha value is -4.58. The summed E-state index contributed by atoms with van der Waals surface area (Å²) in [6.07, 6.45) is 1.90. The van der Waals surface area contributed by atoms with Crippen LogP contribution in [0.15, 0.2) is 137 Å². The van der Waals surface area contributed by atoms with Crippen LogP contribution in [0, 0.1) is 11.8 Å². The molecule has 3 unspecified atom stereocenters. The highest BCUT2D eigenvalue weighted by Crippen LogP contribution is 2.72. The number of hydrogen-bond donors (Lipinski definition) is 0. The maximum Gasteiger partial charge on any atom is 0.0860 e. The molecule has 0 saturated heterocycles. The van der Waals surface area contributed by atoms with Crippen molar-refractivity contribution in [2.45, 2.75) is 12.3 Å². The first-order valence-corrected chi connectivity index (χ1v) is 17.0. The molecule has 1 aliphatic carbocycles. The first kappa shape index (κ1) is 25.7. The molecule has 1 fully saturated rings. The molecule has 8 aromatic rings. The molecule has 1 saturated carbocycles. The summed E-state index contributed by atoms with van der Waals surface area (Å²) in [5.74, 6) is 0.589. The van der Waals surface area contributed by atoms with Crippen LogP contribution in [0.5, 0.6) is 0 Å². The number of rotatable bonds is 3. The molecule has 2 aliphatic rings. The van der Waals surface area contributed by atoms with Crippen molar-refractivity contribution in [3.63, 3.8) is 0 Å². The van der Waals surface area contributed by atoms with Gasteiger partial charge in [-0.15, -0.1) is 11.3 Å². The number of aliphatic imine (C=N–C) groups is 1. The lowest BCUT2D eigenvalue weighted by molar-refractivity contribution is 0.767. The van der Waals surface area contributed by atoms with E-state index >= 15 is 0 Å². The standard InChI is InChI=1S/C40H26BrN3S/c1-23-35-37(28-20-21-30(41)25-15-10-22-42-36(25)28)43-38-27-14-6-8-19-33(27)45-39(38)40(23,35)29-16-9-18-32-34(29)26-13-5-7-17-31(26)44(32)24-11-3-2-4-12-24/h2-23,35H,1H3. The zero-order valence-corrected chi connectivity index (χ0v) is 26.8. The lowest BCUT2D eigenvalue weighted by atomic mass is 9.82. The fraction of sp³-hybridized carbons (Fsp3) is 0.100. The second-order valence-corrected chi connectivity index (χ2v) is 14.2. The molecule has 3 nitrogen and oxygen atoms in total. The van der Waals surface area contributed by atoms with E-state index in [9.17, 15) is 0 Å². The number of thiophene rings is 1. The van der Waals surface area contributed by atoms with E-state index in [-0.39, 0.29) is 11.3 Å². The van der Waals surface area contributed by atoms with Gasteiger partial charge in [-0.1, -0.05) is 95.7 Å². The van der Waals surface area contributed by atoms with Gasteiger partial charge in [-0.05, 0) is 60.0 Å². The van der Waals surface area contributed by atoms with Crippen LogP contribution in [0.2, 0.25) is 0 Å². The molecule has 10 rings (SSSR count). The van der Waals surface area contributed by atoms with Crippen LogP contribution in [0.25, 0.3) is 48.5 Å². The van der Waals surface area contributed by atoms with Crippen molar-refractivity contribution in [2.75, 3.05) is 0 Å². The molecule has 0 N–H and O–H groups in total. The van der Waals surface area contributed by atoms with Crippen molar-refractivity contribution in [3.05, 3.63) is 148 Å². The lowest BCUT2D eigenvalue weighted by Crippen LogP contribution is -2.21. The second-order valence-electron chi connectivity index (χ2n) is 12.3. The molecular weight excluding hydrogens is 634 g/mol. The molecular formula is C40H26BrN3S. The third kappa shape index (κ3) is 3.30. The van der Waals surface area contributed by atoms with Gasteiger partial charge >= 0.3 is 0 Å². The largest absolute Gasteiger partial charge is 0.309 e. The van der Waals surface area contributed by atoms with Crippen molar-refractivity contribution >= 4 is 81.5 Å². The highest BCUT2D eigenvalue weighted by atomic mass is 79.9. The van der Waals surface area contributed by atoms with Gasteiger partial charge in [-0.2, -0.15) is 0 Å². The summed E-state index contributed by atoms with van der Waals surface area (Å²) in [7, 11) is 0. The summed E-state index contributed by atoms with van der Waals surface area (Å²) < 4.78 is 4.78. The average Bonchev–Trinajstić information content (AvgIpc) is 3.36. The van der Waals surface area contributed by atoms with Crippen molar-refractivity contribution < 1.29 is 0 Å². The normalized spacial score (nSPS) is 20.4. The highest BCUT2D eigenvalue weighted by molar-refractivity contribution is 9.10. The van der Waals surface area contributed by atoms with Crippen LogP contribution in [0.3, 0.4) is 0 Å². The van der Waals surface area contributed by atoms with E-state index in [1.54, 1.807) is 0 Å². The molecule has 0 radical (unpaired) electrons. The topological polar surface area (TPSA) is 30.2 Å². The fourth-order valence-electron chi connectivity index (χ4n) is 8.30. The minimum atomic E-state index is -0.199. The molecule has 214 valence electrons. The fourth-order valence-corrected chi connectivity index (χ4v) is 10.2. The van der Waals surface area contributed by atoms with Crippen molar-refractivity contribution in [2.24, 2.45) is 16.8 Å². The van der Waals surface area contributed by atoms with Crippen LogP contribution >= 0.6 is 27.3 Å². The molecule has 45 heavy (non-hydrogen) atoms. The molecule has 3 aromatic heterocycles. The summed E-state index contributed by atoms with van der Waals surface area (Å²) in [5, 5.41) is 4.99. The van der Waals surface area contributed by atoms with E-state index in [4.69, 9.17) is 9.98 Å². The number of halogens is 1. The van der Waals surface area contributed by atoms with Crippen molar-refractivity contribution in [3.8, 4) is 5.69 Å². The van der Waals surface area contributed by atoms with Gasteiger partial charge < -0.3 is 4.57 Å². The van der Waals surface area contributed by atoms with E-state index < -0.39 is 0 Å². The second kappa shape index (κ2) is 9.23. The predicted octanol–water partition coefficient (Wildman–Crippen LogP) is 11.0. The molecule has 0 spiro atoms. The highest BCUT2D eigenvalue weighted by Gasteiger charge is 2.69. The Bertz CT molecular complexity index is 2540. The van der Waals surface area contributed by atoms with Crippen LogP contribution in [-0.4, -0.2) is 15.3 Å². The minimum absolute atomic E-state index is 0.199. The van der Waals surface area contributed by atoms with Gasteiger partial charge in [0.15, 0.2) is 0 Å². The number of pyridine rings is 1. The first-order chi connectivity index (χ1) is 22.2. The van der Waals surface area contributed by atoms with Gasteiger partial charge in [0.25, 0.3) is 0 Å². The number of fused-ring (bicyclic) bond motifs is 9. The smallest absolute Gasteiger partial charge is 0.0860 e. The molecule has 4 heterocycles. The molecule has 0 bridgehead atoms. The van der Waals surface area contributed by atoms with Gasteiger partial charge in [-0.25, -0.2) is 0 Å². The minimum Gasteiger partial charge on any atom is -0.309 e. The van der Waals surface area contributed by atoms with Crippen LogP contribution in [0.1, 0.15) is 22.9 Å². The van der Waals surface area contributed by atoms with Gasteiger partial charge in [-0.3, -0.25) is 9.98 Å². The van der Waals surface area contributed by atoms with Crippen LogP contribution < -0.4 is 0 Å². The maximum absolute atomic E-state index is 5.59. The number of nitrogens with zero attached hydrogens (tertiary/aromatic N) is 3. The monoisotopic (exact) mass is 659 g/mol. The molecule has 5 aromatic carbocycles. The Morgan fingerprint density at radius 3 is 2.38 bits per heavy atom. The molecule has 0 amide bonds. The summed E-state index contributed by atoms with van der Waals surface area (Å²) in [5.41, 5.74) is 9.27. The Kier molecular flexibility index (Phi) is 5.27. The summed E-state index contributed by atoms with van der Waals surface area (Å²) in [6, 6.07) is 43.9. The van der Waals surface area contributed by atoms with Gasteiger partial charge in [0, 0.05) is 64.4 Å². The molecule has 1 aliphatic heterocycles. The Labute approximate surface area is 272 Å². The third-order valence-corrected chi connectivity index (χ3v) is 12.2. The quantitative estimate of drug-likeness (QED) is 0.186. The zero-order chi connectivity index (χ0) is 29.9. The SMILES string of the molecule is CC1C2C(c3ccc(Br)c4cccnc34)=Nc3c(sc4ccccc34)C12c1cccc2c1c1ccccc1n2-c1ccccc1. The Morgan fingerprint density at radius 1 is 0.733 bits per heavy atom. The van der Waals surface area contributed by atoms with Gasteiger partial charge in [0.1, 0.15) is 0 Å². The van der Waals surface area contributed by atoms with Crippen molar-refractivity contribution in [1.29, 1.82) is 0 Å². The maximum atomic E-state index is 5.59. The Balaban J connectivity index is 1.32. The molecule has 3 atom stereocenters. The van der Waals surface area contributed by atoms with E-state index in [1.165, 1.54) is 48.0 Å². The zero-order valence-electron chi connectivity index (χ0n) is 24.4. The summed E-state index contributed by atoms with van der Waals surface area (Å²) in [4.78, 5) is 11.9. The van der Waals surface area contributed by atoms with Crippen LogP contribution in [0.4, 0.5) is 5.69 Å². The Morgan fingerprint density at radius 2 is 1.49 bits per heavy atom.